The first kappa shape index (κ1) is 12.9. The molecule has 3 rings (SSSR count). The molecule has 1 saturated carbocycles. The number of carbonyl (C=O) groups excluding carboxylic acids is 2. The van der Waals surface area contributed by atoms with Crippen molar-refractivity contribution in [2.75, 3.05) is 45.8 Å². The molecule has 106 valence electrons. The van der Waals surface area contributed by atoms with Crippen LogP contribution >= 0.6 is 0 Å². The van der Waals surface area contributed by atoms with Gasteiger partial charge < -0.3 is 15.5 Å². The molecule has 3 fully saturated rings. The van der Waals surface area contributed by atoms with E-state index in [9.17, 15) is 9.59 Å². The van der Waals surface area contributed by atoms with Gasteiger partial charge in [-0.15, -0.1) is 0 Å². The second-order valence-corrected chi connectivity index (χ2v) is 5.80. The number of carbonyl (C=O) groups is 2. The Morgan fingerprint density at radius 2 is 1.79 bits per heavy atom. The molecular weight excluding hydrogens is 244 g/mol. The molecule has 0 spiro atoms. The smallest absolute Gasteiger partial charge is 0.234 e. The lowest BCUT2D eigenvalue weighted by atomic mass is 10.0. The van der Waals surface area contributed by atoms with Gasteiger partial charge in [-0.05, 0) is 12.8 Å². The molecular formula is C13H22N4O2. The molecule has 6 heteroatoms. The van der Waals surface area contributed by atoms with Crippen molar-refractivity contribution < 1.29 is 9.59 Å². The van der Waals surface area contributed by atoms with Gasteiger partial charge in [-0.1, -0.05) is 0 Å². The van der Waals surface area contributed by atoms with Gasteiger partial charge in [0.05, 0.1) is 12.5 Å². The summed E-state index contributed by atoms with van der Waals surface area (Å²) in [4.78, 5) is 27.8. The number of hydrogen-bond donors (Lipinski definition) is 2. The topological polar surface area (TPSA) is 64.7 Å². The Morgan fingerprint density at radius 3 is 2.32 bits per heavy atom. The van der Waals surface area contributed by atoms with Gasteiger partial charge in [0.15, 0.2) is 0 Å². The van der Waals surface area contributed by atoms with E-state index in [1.54, 1.807) is 0 Å². The molecule has 1 aliphatic carbocycles. The van der Waals surface area contributed by atoms with Gasteiger partial charge >= 0.3 is 0 Å². The Balaban J connectivity index is 1.38. The fraction of sp³-hybridized carbons (Fsp3) is 0.846. The first-order valence-corrected chi connectivity index (χ1v) is 7.23. The molecule has 0 atom stereocenters. The van der Waals surface area contributed by atoms with E-state index in [0.717, 1.165) is 52.1 Å². The molecule has 0 aromatic rings. The predicted molar refractivity (Wildman–Crippen MR) is 70.5 cm³/mol. The molecule has 2 heterocycles. The van der Waals surface area contributed by atoms with Crippen molar-refractivity contribution in [1.82, 2.24) is 20.4 Å². The quantitative estimate of drug-likeness (QED) is 0.659. The third kappa shape index (κ3) is 3.25. The zero-order chi connectivity index (χ0) is 13.2. The van der Waals surface area contributed by atoms with E-state index in [1.165, 1.54) is 0 Å². The fourth-order valence-corrected chi connectivity index (χ4v) is 2.55. The largest absolute Gasteiger partial charge is 0.352 e. The zero-order valence-electron chi connectivity index (χ0n) is 11.2. The van der Waals surface area contributed by atoms with Crippen molar-refractivity contribution in [3.63, 3.8) is 0 Å². The van der Waals surface area contributed by atoms with Gasteiger partial charge in [0.25, 0.3) is 0 Å². The summed E-state index contributed by atoms with van der Waals surface area (Å²) < 4.78 is 0. The van der Waals surface area contributed by atoms with E-state index in [2.05, 4.69) is 15.5 Å². The van der Waals surface area contributed by atoms with Crippen LogP contribution in [0.15, 0.2) is 0 Å². The summed E-state index contributed by atoms with van der Waals surface area (Å²) in [6.07, 6.45) is 2.26. The highest BCUT2D eigenvalue weighted by atomic mass is 16.2. The fourth-order valence-electron chi connectivity index (χ4n) is 2.55. The Morgan fingerprint density at radius 1 is 1.11 bits per heavy atom. The van der Waals surface area contributed by atoms with Crippen molar-refractivity contribution in [2.24, 2.45) is 5.92 Å². The van der Waals surface area contributed by atoms with Crippen LogP contribution in [0, 0.1) is 5.92 Å². The van der Waals surface area contributed by atoms with Crippen molar-refractivity contribution >= 4 is 11.8 Å². The number of piperazine rings is 1. The minimum Gasteiger partial charge on any atom is -0.352 e. The van der Waals surface area contributed by atoms with Gasteiger partial charge in [-0.25, -0.2) is 0 Å². The first-order chi connectivity index (χ1) is 9.22. The summed E-state index contributed by atoms with van der Waals surface area (Å²) in [6, 6.07) is 0.432. The highest BCUT2D eigenvalue weighted by Gasteiger charge is 2.31. The summed E-state index contributed by atoms with van der Waals surface area (Å²) in [6.45, 7) is 5.25. The molecule has 6 nitrogen and oxygen atoms in total. The van der Waals surface area contributed by atoms with Crippen LogP contribution in [0.3, 0.4) is 0 Å². The number of nitrogens with one attached hydrogen (secondary N) is 2. The average molecular weight is 266 g/mol. The van der Waals surface area contributed by atoms with Gasteiger partial charge in [0.2, 0.25) is 11.8 Å². The van der Waals surface area contributed by atoms with E-state index < -0.39 is 0 Å². The van der Waals surface area contributed by atoms with Crippen LogP contribution in [0.2, 0.25) is 0 Å². The second kappa shape index (κ2) is 5.46. The van der Waals surface area contributed by atoms with Crippen LogP contribution in [0.5, 0.6) is 0 Å². The lowest BCUT2D eigenvalue weighted by Gasteiger charge is -2.38. The maximum absolute atomic E-state index is 12.1. The third-order valence-corrected chi connectivity index (χ3v) is 4.12. The van der Waals surface area contributed by atoms with Crippen LogP contribution in [0.25, 0.3) is 0 Å². The maximum Gasteiger partial charge on any atom is 0.234 e. The highest BCUT2D eigenvalue weighted by Crippen LogP contribution is 2.18. The Labute approximate surface area is 113 Å². The molecule has 2 amide bonds. The molecule has 19 heavy (non-hydrogen) atoms. The minimum atomic E-state index is 0.130. The second-order valence-electron chi connectivity index (χ2n) is 5.80. The molecule has 2 saturated heterocycles. The molecule has 0 aromatic carbocycles. The van der Waals surface area contributed by atoms with Crippen molar-refractivity contribution in [3.8, 4) is 0 Å². The summed E-state index contributed by atoms with van der Waals surface area (Å²) in [7, 11) is 0. The van der Waals surface area contributed by atoms with E-state index in [-0.39, 0.29) is 17.7 Å². The number of rotatable bonds is 4. The van der Waals surface area contributed by atoms with E-state index >= 15 is 0 Å². The molecule has 0 radical (unpaired) electrons. The maximum atomic E-state index is 12.1. The lowest BCUT2D eigenvalue weighted by molar-refractivity contribution is -0.139. The minimum absolute atomic E-state index is 0.130. The van der Waals surface area contributed by atoms with Crippen molar-refractivity contribution in [2.45, 2.75) is 18.9 Å². The Hall–Kier alpha value is -1.14. The van der Waals surface area contributed by atoms with E-state index in [0.29, 0.717) is 12.6 Å². The first-order valence-electron chi connectivity index (χ1n) is 7.23. The van der Waals surface area contributed by atoms with Crippen molar-refractivity contribution in [3.05, 3.63) is 0 Å². The van der Waals surface area contributed by atoms with E-state index in [4.69, 9.17) is 0 Å². The Kier molecular flexibility index (Phi) is 3.70. The summed E-state index contributed by atoms with van der Waals surface area (Å²) >= 11 is 0. The van der Waals surface area contributed by atoms with Crippen LogP contribution in [0.4, 0.5) is 0 Å². The molecule has 0 bridgehead atoms. The predicted octanol–water partition coefficient (Wildman–Crippen LogP) is -1.37. The molecule has 0 aromatic heterocycles. The molecule has 3 aliphatic rings. The number of nitrogens with zero attached hydrogens (tertiary/aromatic N) is 2. The Bertz CT molecular complexity index is 358. The molecule has 2 N–H and O–H groups in total. The molecule has 0 unspecified atom stereocenters. The third-order valence-electron chi connectivity index (χ3n) is 4.12. The van der Waals surface area contributed by atoms with Crippen LogP contribution in [0.1, 0.15) is 12.8 Å². The lowest BCUT2D eigenvalue weighted by Crippen LogP contribution is -2.57. The SMILES string of the molecule is O=C(CN1CCN(C(=O)C2CNC2)CC1)NC1CC1. The van der Waals surface area contributed by atoms with Crippen molar-refractivity contribution in [1.29, 1.82) is 0 Å². The van der Waals surface area contributed by atoms with Gasteiger partial charge in [-0.2, -0.15) is 0 Å². The standard InChI is InChI=1S/C13H22N4O2/c18-12(15-11-1-2-11)9-16-3-5-17(6-4-16)13(19)10-7-14-8-10/h10-11,14H,1-9H2,(H,15,18). The van der Waals surface area contributed by atoms with Crippen LogP contribution < -0.4 is 10.6 Å². The number of amides is 2. The number of hydrogen-bond acceptors (Lipinski definition) is 4. The normalized spacial score (nSPS) is 24.9. The average Bonchev–Trinajstić information content (AvgIpc) is 3.11. The van der Waals surface area contributed by atoms with Crippen LogP contribution in [-0.4, -0.2) is 73.5 Å². The van der Waals surface area contributed by atoms with Crippen LogP contribution in [-0.2, 0) is 9.59 Å². The monoisotopic (exact) mass is 266 g/mol. The summed E-state index contributed by atoms with van der Waals surface area (Å²) in [5.41, 5.74) is 0. The van der Waals surface area contributed by atoms with Gasteiger partial charge in [0, 0.05) is 45.3 Å². The molecule has 2 aliphatic heterocycles. The van der Waals surface area contributed by atoms with Gasteiger partial charge in [-0.3, -0.25) is 14.5 Å². The highest BCUT2D eigenvalue weighted by molar-refractivity contribution is 5.80. The zero-order valence-corrected chi connectivity index (χ0v) is 11.2. The summed E-state index contributed by atoms with van der Waals surface area (Å²) in [5, 5.41) is 6.13. The summed E-state index contributed by atoms with van der Waals surface area (Å²) in [5.74, 6) is 0.594. The van der Waals surface area contributed by atoms with E-state index in [1.807, 2.05) is 4.90 Å². The van der Waals surface area contributed by atoms with Gasteiger partial charge in [0.1, 0.15) is 0 Å².